The first-order chi connectivity index (χ1) is 20.2. The van der Waals surface area contributed by atoms with Crippen LogP contribution in [0.3, 0.4) is 0 Å². The van der Waals surface area contributed by atoms with Crippen molar-refractivity contribution in [1.82, 2.24) is 10.2 Å². The maximum atomic E-state index is 14.0. The number of carbonyl (C=O) groups is 3. The number of nitrogens with one attached hydrogen (secondary N) is 1. The van der Waals surface area contributed by atoms with Crippen molar-refractivity contribution in [1.29, 1.82) is 0 Å². The molecule has 0 bridgehead atoms. The first kappa shape index (κ1) is 29.3. The fourth-order valence-electron chi connectivity index (χ4n) is 6.42. The molecule has 0 saturated carbocycles. The highest BCUT2D eigenvalue weighted by Crippen LogP contribution is 2.44. The normalized spacial score (nSPS) is 21.1. The highest BCUT2D eigenvalue weighted by atomic mass is 16.5. The molecule has 42 heavy (non-hydrogen) atoms. The van der Waals surface area contributed by atoms with E-state index in [9.17, 15) is 19.5 Å². The van der Waals surface area contributed by atoms with E-state index in [1.54, 1.807) is 6.92 Å². The maximum absolute atomic E-state index is 14.0. The Labute approximate surface area is 246 Å². The molecule has 0 radical (unpaired) electrons. The standard InChI is InChI=1S/C34H38N2O6/c1-21-17-22(2)31(33(38)39)36(18-21)32(37)30(23(3)41-19-24-11-5-4-6-12-24)35-34(40)42-20-29-27-15-9-7-13-25(27)26-14-8-10-16-28(26)29/h4-16,21-23,29-31H,17-20H2,1-3H3,(H,35,40)(H,38,39)/t21?,22?,23-,30+,31?/m0/s1. The van der Waals surface area contributed by atoms with Crippen molar-refractivity contribution in [2.24, 2.45) is 11.8 Å². The van der Waals surface area contributed by atoms with Gasteiger partial charge >= 0.3 is 12.1 Å². The number of carboxylic acids is 1. The van der Waals surface area contributed by atoms with Crippen LogP contribution in [0, 0.1) is 11.8 Å². The first-order valence-electron chi connectivity index (χ1n) is 14.5. The zero-order valence-corrected chi connectivity index (χ0v) is 24.2. The molecule has 5 atom stereocenters. The van der Waals surface area contributed by atoms with Crippen LogP contribution in [0.2, 0.25) is 0 Å². The van der Waals surface area contributed by atoms with E-state index in [0.717, 1.165) is 27.8 Å². The lowest BCUT2D eigenvalue weighted by Crippen LogP contribution is -2.61. The van der Waals surface area contributed by atoms with Gasteiger partial charge in [-0.2, -0.15) is 0 Å². The minimum absolute atomic E-state index is 0.0928. The summed E-state index contributed by atoms with van der Waals surface area (Å²) in [6, 6.07) is 23.5. The molecule has 1 aliphatic carbocycles. The van der Waals surface area contributed by atoms with Gasteiger partial charge in [-0.3, -0.25) is 4.79 Å². The van der Waals surface area contributed by atoms with E-state index in [1.165, 1.54) is 4.90 Å². The van der Waals surface area contributed by atoms with E-state index >= 15 is 0 Å². The Morgan fingerprint density at radius 3 is 2.14 bits per heavy atom. The molecule has 220 valence electrons. The van der Waals surface area contributed by atoms with Crippen LogP contribution in [-0.2, 0) is 25.7 Å². The predicted octanol–water partition coefficient (Wildman–Crippen LogP) is 5.46. The van der Waals surface area contributed by atoms with Gasteiger partial charge in [0.2, 0.25) is 5.91 Å². The fraction of sp³-hybridized carbons (Fsp3) is 0.382. The SMILES string of the molecule is CC1CC(C)C(C(=O)O)N(C(=O)[C@H](NC(=O)OCC2c3ccccc3-c3ccccc32)[C@H](C)OCc2ccccc2)C1. The van der Waals surface area contributed by atoms with Crippen LogP contribution in [0.25, 0.3) is 11.1 Å². The Hall–Kier alpha value is -4.17. The van der Waals surface area contributed by atoms with Crippen molar-refractivity contribution in [2.75, 3.05) is 13.2 Å². The summed E-state index contributed by atoms with van der Waals surface area (Å²) in [5.74, 6) is -1.79. The Morgan fingerprint density at radius 1 is 0.929 bits per heavy atom. The van der Waals surface area contributed by atoms with Gasteiger partial charge in [-0.1, -0.05) is 92.7 Å². The summed E-state index contributed by atoms with van der Waals surface area (Å²) in [6.45, 7) is 6.16. The summed E-state index contributed by atoms with van der Waals surface area (Å²) in [6.07, 6.45) is -0.804. The van der Waals surface area contributed by atoms with E-state index in [2.05, 4.69) is 17.4 Å². The molecule has 3 unspecified atom stereocenters. The van der Waals surface area contributed by atoms with Crippen LogP contribution >= 0.6 is 0 Å². The second-order valence-corrected chi connectivity index (χ2v) is 11.5. The summed E-state index contributed by atoms with van der Waals surface area (Å²) in [4.78, 5) is 40.9. The van der Waals surface area contributed by atoms with E-state index in [-0.39, 0.29) is 37.5 Å². The Kier molecular flexibility index (Phi) is 8.92. The number of rotatable bonds is 9. The highest BCUT2D eigenvalue weighted by molar-refractivity contribution is 5.90. The van der Waals surface area contributed by atoms with Gasteiger partial charge in [0.1, 0.15) is 18.7 Å². The average Bonchev–Trinajstić information content (AvgIpc) is 3.30. The van der Waals surface area contributed by atoms with Crippen LogP contribution in [0.5, 0.6) is 0 Å². The molecule has 2 amide bonds. The topological polar surface area (TPSA) is 105 Å². The van der Waals surface area contributed by atoms with E-state index < -0.39 is 36.2 Å². The quantitative estimate of drug-likeness (QED) is 0.354. The number of fused-ring (bicyclic) bond motifs is 3. The van der Waals surface area contributed by atoms with Gasteiger partial charge in [0.05, 0.1) is 12.7 Å². The van der Waals surface area contributed by atoms with Gasteiger partial charge in [0.15, 0.2) is 0 Å². The number of piperidine rings is 1. The molecule has 1 saturated heterocycles. The molecule has 1 fully saturated rings. The number of nitrogens with zero attached hydrogens (tertiary/aromatic N) is 1. The summed E-state index contributed by atoms with van der Waals surface area (Å²) in [5.41, 5.74) is 5.32. The van der Waals surface area contributed by atoms with Gasteiger partial charge in [0, 0.05) is 12.5 Å². The van der Waals surface area contributed by atoms with Crippen molar-refractivity contribution in [3.05, 3.63) is 95.6 Å². The largest absolute Gasteiger partial charge is 0.480 e. The molecule has 8 nitrogen and oxygen atoms in total. The fourth-order valence-corrected chi connectivity index (χ4v) is 6.42. The Bertz CT molecular complexity index is 1380. The zero-order chi connectivity index (χ0) is 29.8. The van der Waals surface area contributed by atoms with Crippen LogP contribution in [0.15, 0.2) is 78.9 Å². The minimum Gasteiger partial charge on any atom is -0.480 e. The minimum atomic E-state index is -1.14. The molecule has 2 aliphatic rings. The molecule has 2 N–H and O–H groups in total. The van der Waals surface area contributed by atoms with Gasteiger partial charge in [-0.15, -0.1) is 0 Å². The molecule has 5 rings (SSSR count). The van der Waals surface area contributed by atoms with Crippen LogP contribution < -0.4 is 5.32 Å². The van der Waals surface area contributed by atoms with Gasteiger partial charge < -0.3 is 24.8 Å². The first-order valence-corrected chi connectivity index (χ1v) is 14.5. The number of amides is 2. The molecule has 0 aromatic heterocycles. The molecule has 8 heteroatoms. The third kappa shape index (κ3) is 6.19. The van der Waals surface area contributed by atoms with Crippen molar-refractivity contribution < 1.29 is 29.0 Å². The second kappa shape index (κ2) is 12.8. The summed E-state index contributed by atoms with van der Waals surface area (Å²) in [5, 5.41) is 12.7. The number of hydrogen-bond acceptors (Lipinski definition) is 5. The number of carboxylic acid groups (broad SMARTS) is 1. The zero-order valence-electron chi connectivity index (χ0n) is 24.2. The van der Waals surface area contributed by atoms with Crippen LogP contribution in [0.1, 0.15) is 49.8 Å². The van der Waals surface area contributed by atoms with Crippen LogP contribution in [0.4, 0.5) is 4.79 Å². The Morgan fingerprint density at radius 2 is 1.52 bits per heavy atom. The average molecular weight is 571 g/mol. The summed E-state index contributed by atoms with van der Waals surface area (Å²) >= 11 is 0. The number of alkyl carbamates (subject to hydrolysis) is 1. The lowest BCUT2D eigenvalue weighted by atomic mass is 9.84. The van der Waals surface area contributed by atoms with E-state index in [4.69, 9.17) is 9.47 Å². The van der Waals surface area contributed by atoms with Crippen molar-refractivity contribution in [3.63, 3.8) is 0 Å². The summed E-state index contributed by atoms with van der Waals surface area (Å²) in [7, 11) is 0. The molecule has 3 aromatic rings. The smallest absolute Gasteiger partial charge is 0.407 e. The molecule has 1 aliphatic heterocycles. The van der Waals surface area contributed by atoms with E-state index in [1.807, 2.05) is 80.6 Å². The van der Waals surface area contributed by atoms with Gasteiger partial charge in [-0.05, 0) is 53.0 Å². The molecular formula is C34H38N2O6. The highest BCUT2D eigenvalue weighted by Gasteiger charge is 2.43. The molecular weight excluding hydrogens is 532 g/mol. The monoisotopic (exact) mass is 570 g/mol. The molecule has 3 aromatic carbocycles. The van der Waals surface area contributed by atoms with Gasteiger partial charge in [0.25, 0.3) is 0 Å². The van der Waals surface area contributed by atoms with Crippen molar-refractivity contribution in [3.8, 4) is 11.1 Å². The molecule has 0 spiro atoms. The predicted molar refractivity (Wildman–Crippen MR) is 159 cm³/mol. The Balaban J connectivity index is 1.33. The lowest BCUT2D eigenvalue weighted by molar-refractivity contribution is -0.158. The van der Waals surface area contributed by atoms with E-state index in [0.29, 0.717) is 6.42 Å². The summed E-state index contributed by atoms with van der Waals surface area (Å²) < 4.78 is 11.8. The maximum Gasteiger partial charge on any atom is 0.407 e. The second-order valence-electron chi connectivity index (χ2n) is 11.5. The number of carbonyl (C=O) groups excluding carboxylic acids is 2. The number of hydrogen-bond donors (Lipinski definition) is 2. The molecule has 1 heterocycles. The number of aliphatic carboxylic acids is 1. The number of ether oxygens (including phenoxy) is 2. The van der Waals surface area contributed by atoms with Crippen molar-refractivity contribution >= 4 is 18.0 Å². The number of likely N-dealkylation sites (tertiary alicyclic amines) is 1. The third-order valence-corrected chi connectivity index (χ3v) is 8.40. The van der Waals surface area contributed by atoms with Gasteiger partial charge in [-0.25, -0.2) is 9.59 Å². The van der Waals surface area contributed by atoms with Crippen molar-refractivity contribution in [2.45, 2.75) is 57.9 Å². The van der Waals surface area contributed by atoms with Crippen LogP contribution in [-0.4, -0.2) is 59.3 Å². The lowest BCUT2D eigenvalue weighted by Gasteiger charge is -2.42. The third-order valence-electron chi connectivity index (χ3n) is 8.40. The number of benzene rings is 3.